The van der Waals surface area contributed by atoms with Gasteiger partial charge in [0.2, 0.25) is 0 Å². The molecule has 9 heteroatoms. The number of nitrogens with one attached hydrogen (secondary N) is 1. The van der Waals surface area contributed by atoms with E-state index >= 15 is 0 Å². The van der Waals surface area contributed by atoms with Gasteiger partial charge < -0.3 is 0 Å². The predicted molar refractivity (Wildman–Crippen MR) is 129 cm³/mol. The third kappa shape index (κ3) is 6.13. The number of nitrogens with zero attached hydrogens (tertiary/aromatic N) is 4. The summed E-state index contributed by atoms with van der Waals surface area (Å²) in [5.74, 6) is 0.681. The zero-order valence-corrected chi connectivity index (χ0v) is 20.2. The summed E-state index contributed by atoms with van der Waals surface area (Å²) in [5.41, 5.74) is 5.34. The molecule has 1 N–H and O–H groups in total. The smallest absolute Gasteiger partial charge is 0.250 e. The number of hydrogen-bond acceptors (Lipinski definition) is 5. The van der Waals surface area contributed by atoms with Crippen molar-refractivity contribution < 1.29 is 4.79 Å². The number of benzene rings is 2. The average Bonchev–Trinajstić information content (AvgIpc) is 3.10. The summed E-state index contributed by atoms with van der Waals surface area (Å²) in [7, 11) is 0. The SMILES string of the molecule is C=C(C)Cn1c(SCC(=O)NN=Cc2ccccc2Br)nnc1-c1ccc(Br)cc1. The maximum atomic E-state index is 12.2. The lowest BCUT2D eigenvalue weighted by Gasteiger charge is -2.10. The number of hydrazone groups is 1. The Labute approximate surface area is 196 Å². The molecule has 0 aliphatic rings. The fourth-order valence-corrected chi connectivity index (χ4v) is 3.92. The molecule has 154 valence electrons. The fraction of sp³-hybridized carbons (Fsp3) is 0.143. The highest BCUT2D eigenvalue weighted by Crippen LogP contribution is 2.26. The van der Waals surface area contributed by atoms with E-state index in [9.17, 15) is 4.79 Å². The molecule has 0 saturated heterocycles. The maximum Gasteiger partial charge on any atom is 0.250 e. The van der Waals surface area contributed by atoms with Gasteiger partial charge in [0.25, 0.3) is 5.91 Å². The van der Waals surface area contributed by atoms with Crippen molar-refractivity contribution in [3.63, 3.8) is 0 Å². The number of halogens is 2. The van der Waals surface area contributed by atoms with Crippen molar-refractivity contribution in [2.24, 2.45) is 5.10 Å². The summed E-state index contributed by atoms with van der Waals surface area (Å²) in [6.45, 7) is 6.52. The number of carbonyl (C=O) groups is 1. The van der Waals surface area contributed by atoms with Crippen molar-refractivity contribution in [1.29, 1.82) is 0 Å². The van der Waals surface area contributed by atoms with Gasteiger partial charge >= 0.3 is 0 Å². The van der Waals surface area contributed by atoms with Crippen LogP contribution in [0.3, 0.4) is 0 Å². The molecule has 0 spiro atoms. The minimum Gasteiger partial charge on any atom is -0.298 e. The number of allylic oxidation sites excluding steroid dienone is 1. The molecule has 1 amide bonds. The third-order valence-corrected chi connectivity index (χ3v) is 6.10. The third-order valence-electron chi connectivity index (χ3n) is 3.88. The number of aromatic nitrogens is 3. The molecule has 1 heterocycles. The summed E-state index contributed by atoms with van der Waals surface area (Å²) >= 11 is 8.19. The Bertz CT molecular complexity index is 1080. The van der Waals surface area contributed by atoms with E-state index in [0.717, 1.165) is 31.5 Å². The summed E-state index contributed by atoms with van der Waals surface area (Å²) in [4.78, 5) is 12.2. The zero-order chi connectivity index (χ0) is 21.5. The van der Waals surface area contributed by atoms with Crippen LogP contribution in [0.25, 0.3) is 11.4 Å². The molecule has 0 atom stereocenters. The standard InChI is InChI=1S/C21H19Br2N5OS/c1-14(2)12-28-20(15-7-9-17(22)10-8-15)26-27-21(28)30-13-19(29)25-24-11-16-5-3-4-6-18(16)23/h3-11H,1,12-13H2,2H3,(H,25,29). The van der Waals surface area contributed by atoms with Crippen LogP contribution in [0.2, 0.25) is 0 Å². The Morgan fingerprint density at radius 1 is 1.20 bits per heavy atom. The molecule has 0 aliphatic heterocycles. The molecule has 0 radical (unpaired) electrons. The van der Waals surface area contributed by atoms with Crippen molar-refractivity contribution in [3.05, 3.63) is 75.2 Å². The van der Waals surface area contributed by atoms with Gasteiger partial charge in [-0.15, -0.1) is 10.2 Å². The molecular weight excluding hydrogens is 530 g/mol. The van der Waals surface area contributed by atoms with Crippen molar-refractivity contribution in [3.8, 4) is 11.4 Å². The summed E-state index contributed by atoms with van der Waals surface area (Å²) in [5, 5.41) is 13.3. The van der Waals surface area contributed by atoms with Crippen LogP contribution in [0.1, 0.15) is 12.5 Å². The molecule has 2 aromatic carbocycles. The van der Waals surface area contributed by atoms with E-state index in [2.05, 4.69) is 59.2 Å². The largest absolute Gasteiger partial charge is 0.298 e. The molecule has 30 heavy (non-hydrogen) atoms. The topological polar surface area (TPSA) is 72.2 Å². The first-order chi connectivity index (χ1) is 14.4. The van der Waals surface area contributed by atoms with Crippen LogP contribution in [0.4, 0.5) is 0 Å². The second kappa shape index (κ2) is 10.7. The lowest BCUT2D eigenvalue weighted by Crippen LogP contribution is -2.20. The minimum absolute atomic E-state index is 0.169. The van der Waals surface area contributed by atoms with Crippen LogP contribution in [0.15, 0.2) is 79.9 Å². The van der Waals surface area contributed by atoms with Gasteiger partial charge in [0, 0.05) is 26.6 Å². The maximum absolute atomic E-state index is 12.2. The molecule has 3 rings (SSSR count). The summed E-state index contributed by atoms with van der Waals surface area (Å²) in [6.07, 6.45) is 1.60. The normalized spacial score (nSPS) is 11.0. The van der Waals surface area contributed by atoms with Gasteiger partial charge in [0.05, 0.1) is 12.0 Å². The Hall–Kier alpha value is -2.23. The molecule has 0 unspecified atom stereocenters. The van der Waals surface area contributed by atoms with E-state index in [0.29, 0.717) is 11.7 Å². The first-order valence-corrected chi connectivity index (χ1v) is 11.5. The fourth-order valence-electron chi connectivity index (χ4n) is 2.54. The minimum atomic E-state index is -0.224. The van der Waals surface area contributed by atoms with E-state index in [1.807, 2.05) is 60.0 Å². The number of amides is 1. The Kier molecular flexibility index (Phi) is 8.01. The summed E-state index contributed by atoms with van der Waals surface area (Å²) < 4.78 is 3.87. The average molecular weight is 549 g/mol. The molecule has 3 aromatic rings. The van der Waals surface area contributed by atoms with Crippen LogP contribution >= 0.6 is 43.6 Å². The number of hydrogen-bond donors (Lipinski definition) is 1. The number of rotatable bonds is 8. The van der Waals surface area contributed by atoms with Gasteiger partial charge in [-0.05, 0) is 25.1 Å². The highest BCUT2D eigenvalue weighted by Gasteiger charge is 2.15. The summed E-state index contributed by atoms with van der Waals surface area (Å²) in [6, 6.07) is 15.5. The Morgan fingerprint density at radius 3 is 2.63 bits per heavy atom. The molecule has 0 saturated carbocycles. The first kappa shape index (κ1) is 22.5. The second-order valence-corrected chi connectivity index (χ2v) is 9.17. The van der Waals surface area contributed by atoms with Crippen molar-refractivity contribution in [2.45, 2.75) is 18.6 Å². The van der Waals surface area contributed by atoms with E-state index in [1.54, 1.807) is 6.21 Å². The van der Waals surface area contributed by atoms with Crippen LogP contribution in [0, 0.1) is 0 Å². The quantitative estimate of drug-likeness (QED) is 0.180. The first-order valence-electron chi connectivity index (χ1n) is 8.97. The highest BCUT2D eigenvalue weighted by atomic mass is 79.9. The van der Waals surface area contributed by atoms with E-state index in [1.165, 1.54) is 11.8 Å². The van der Waals surface area contributed by atoms with Gasteiger partial charge in [0.15, 0.2) is 11.0 Å². The van der Waals surface area contributed by atoms with E-state index in [-0.39, 0.29) is 11.7 Å². The second-order valence-electron chi connectivity index (χ2n) is 6.46. The monoisotopic (exact) mass is 547 g/mol. The number of thioether (sulfide) groups is 1. The predicted octanol–water partition coefficient (Wildman–Crippen LogP) is 5.29. The molecular formula is C21H19Br2N5OS. The lowest BCUT2D eigenvalue weighted by molar-refractivity contribution is -0.118. The van der Waals surface area contributed by atoms with Gasteiger partial charge in [-0.3, -0.25) is 9.36 Å². The Balaban J connectivity index is 1.67. The highest BCUT2D eigenvalue weighted by molar-refractivity contribution is 9.10. The van der Waals surface area contributed by atoms with Crippen LogP contribution in [-0.4, -0.2) is 32.6 Å². The molecule has 0 fully saturated rings. The van der Waals surface area contributed by atoms with Gasteiger partial charge in [-0.25, -0.2) is 5.43 Å². The molecule has 0 bridgehead atoms. The van der Waals surface area contributed by atoms with E-state index < -0.39 is 0 Å². The van der Waals surface area contributed by atoms with Crippen LogP contribution < -0.4 is 5.43 Å². The van der Waals surface area contributed by atoms with Gasteiger partial charge in [-0.1, -0.05) is 86.1 Å². The van der Waals surface area contributed by atoms with Gasteiger partial charge in [-0.2, -0.15) is 5.10 Å². The van der Waals surface area contributed by atoms with Crippen LogP contribution in [0.5, 0.6) is 0 Å². The molecule has 6 nitrogen and oxygen atoms in total. The Morgan fingerprint density at radius 2 is 1.93 bits per heavy atom. The van der Waals surface area contributed by atoms with Crippen molar-refractivity contribution in [2.75, 3.05) is 5.75 Å². The molecule has 1 aromatic heterocycles. The van der Waals surface area contributed by atoms with Gasteiger partial charge in [0.1, 0.15) is 0 Å². The molecule has 0 aliphatic carbocycles. The van der Waals surface area contributed by atoms with Crippen LogP contribution in [-0.2, 0) is 11.3 Å². The van der Waals surface area contributed by atoms with Crippen molar-refractivity contribution in [1.82, 2.24) is 20.2 Å². The zero-order valence-electron chi connectivity index (χ0n) is 16.2. The number of carbonyl (C=O) groups excluding carboxylic acids is 1. The van der Waals surface area contributed by atoms with Crippen molar-refractivity contribution >= 4 is 55.7 Å². The lowest BCUT2D eigenvalue weighted by atomic mass is 10.2. The van der Waals surface area contributed by atoms with E-state index in [4.69, 9.17) is 0 Å².